The summed E-state index contributed by atoms with van der Waals surface area (Å²) in [6.07, 6.45) is 6.08. The highest BCUT2D eigenvalue weighted by atomic mass is 19.1. The highest BCUT2D eigenvalue weighted by Gasteiger charge is 2.32. The van der Waals surface area contributed by atoms with Crippen LogP contribution in [0.1, 0.15) is 21.5 Å². The summed E-state index contributed by atoms with van der Waals surface area (Å²) in [7, 11) is 1.60. The first-order valence-corrected chi connectivity index (χ1v) is 10.9. The molecule has 4 rings (SSSR count). The molecule has 0 radical (unpaired) electrons. The van der Waals surface area contributed by atoms with E-state index in [1.807, 2.05) is 24.3 Å². The van der Waals surface area contributed by atoms with Crippen molar-refractivity contribution in [2.24, 2.45) is 0 Å². The Morgan fingerprint density at radius 3 is 2.34 bits per heavy atom. The fourth-order valence-corrected chi connectivity index (χ4v) is 3.46. The Morgan fingerprint density at radius 1 is 1.03 bits per heavy atom. The van der Waals surface area contributed by atoms with E-state index < -0.39 is 11.4 Å². The van der Waals surface area contributed by atoms with Crippen LogP contribution in [0, 0.1) is 5.82 Å². The Morgan fingerprint density at radius 2 is 1.71 bits per heavy atom. The molecule has 1 unspecified atom stereocenters. The van der Waals surface area contributed by atoms with Crippen LogP contribution < -0.4 is 9.47 Å². The van der Waals surface area contributed by atoms with Gasteiger partial charge in [0.05, 0.1) is 13.7 Å². The molecule has 1 N–H and O–H groups in total. The van der Waals surface area contributed by atoms with Gasteiger partial charge >= 0.3 is 0 Å². The minimum Gasteiger partial charge on any atom is -0.497 e. The zero-order valence-electron chi connectivity index (χ0n) is 19.0. The van der Waals surface area contributed by atoms with Crippen molar-refractivity contribution >= 4 is 11.9 Å². The molecule has 0 saturated carbocycles. The maximum atomic E-state index is 13.4. The minimum atomic E-state index is -1.49. The molecule has 3 aromatic carbocycles. The third-order valence-corrected chi connectivity index (χ3v) is 5.43. The number of nitrogens with zero attached hydrogens (tertiary/aromatic N) is 3. The van der Waals surface area contributed by atoms with Crippen molar-refractivity contribution in [1.82, 2.24) is 14.8 Å². The predicted octanol–water partition coefficient (Wildman–Crippen LogP) is 4.29. The van der Waals surface area contributed by atoms with Gasteiger partial charge in [-0.05, 0) is 65.7 Å². The van der Waals surface area contributed by atoms with Gasteiger partial charge in [-0.3, -0.25) is 4.79 Å². The highest BCUT2D eigenvalue weighted by Crippen LogP contribution is 2.26. The standard InChI is InChI=1S/C27H24FN3O4/c1-34-24-11-2-20(3-12-24)4-15-26(32)21-5-13-25(14-6-21)35-17-27(33,16-31-19-29-18-30-31)22-7-9-23(28)10-8-22/h2-15,18-19,33H,16-17H2,1H3/b15-4+. The van der Waals surface area contributed by atoms with E-state index in [2.05, 4.69) is 10.1 Å². The molecule has 7 nitrogen and oxygen atoms in total. The van der Waals surface area contributed by atoms with E-state index >= 15 is 0 Å². The van der Waals surface area contributed by atoms with Gasteiger partial charge in [-0.2, -0.15) is 5.10 Å². The number of ether oxygens (including phenoxy) is 2. The van der Waals surface area contributed by atoms with Crippen molar-refractivity contribution in [2.75, 3.05) is 13.7 Å². The van der Waals surface area contributed by atoms with Crippen LogP contribution in [0.5, 0.6) is 11.5 Å². The number of benzene rings is 3. The number of carbonyl (C=O) groups is 1. The Hall–Kier alpha value is -4.30. The summed E-state index contributed by atoms with van der Waals surface area (Å²) in [6.45, 7) is -0.0610. The van der Waals surface area contributed by atoms with E-state index in [9.17, 15) is 14.3 Å². The van der Waals surface area contributed by atoms with Gasteiger partial charge in [0.1, 0.15) is 42.2 Å². The summed E-state index contributed by atoms with van der Waals surface area (Å²) < 4.78 is 25.9. The molecular formula is C27H24FN3O4. The number of hydrogen-bond acceptors (Lipinski definition) is 6. The Balaban J connectivity index is 1.42. The SMILES string of the molecule is COc1ccc(/C=C/C(=O)c2ccc(OCC(O)(Cn3cncn3)c3ccc(F)cc3)cc2)cc1. The summed E-state index contributed by atoms with van der Waals surface area (Å²) in [5.41, 5.74) is 0.367. The van der Waals surface area contributed by atoms with Crippen molar-refractivity contribution in [1.29, 1.82) is 0 Å². The molecule has 35 heavy (non-hydrogen) atoms. The van der Waals surface area contributed by atoms with E-state index in [1.54, 1.807) is 37.5 Å². The van der Waals surface area contributed by atoms with Crippen molar-refractivity contribution in [2.45, 2.75) is 12.1 Å². The molecule has 1 heterocycles. The lowest BCUT2D eigenvalue weighted by Crippen LogP contribution is -2.38. The second-order valence-corrected chi connectivity index (χ2v) is 7.92. The summed E-state index contributed by atoms with van der Waals surface area (Å²) in [6, 6.07) is 19.6. The Kier molecular flexibility index (Phi) is 7.32. The molecule has 0 spiro atoms. The van der Waals surface area contributed by atoms with Crippen LogP contribution in [0.2, 0.25) is 0 Å². The first-order valence-electron chi connectivity index (χ1n) is 10.9. The maximum absolute atomic E-state index is 13.4. The third-order valence-electron chi connectivity index (χ3n) is 5.43. The first kappa shape index (κ1) is 23.8. The van der Waals surface area contributed by atoms with E-state index in [0.717, 1.165) is 11.3 Å². The van der Waals surface area contributed by atoms with E-state index in [4.69, 9.17) is 9.47 Å². The molecule has 1 atom stereocenters. The molecular weight excluding hydrogens is 449 g/mol. The quantitative estimate of drug-likeness (QED) is 0.273. The van der Waals surface area contributed by atoms with Gasteiger partial charge in [0.15, 0.2) is 5.78 Å². The lowest BCUT2D eigenvalue weighted by atomic mass is 9.94. The molecule has 0 aliphatic heterocycles. The van der Waals surface area contributed by atoms with Gasteiger partial charge in [-0.25, -0.2) is 14.1 Å². The van der Waals surface area contributed by atoms with Crippen LogP contribution in [0.4, 0.5) is 4.39 Å². The second-order valence-electron chi connectivity index (χ2n) is 7.92. The summed E-state index contributed by atoms with van der Waals surface area (Å²) >= 11 is 0. The molecule has 0 saturated heterocycles. The van der Waals surface area contributed by atoms with Crippen LogP contribution in [-0.2, 0) is 12.1 Å². The Bertz CT molecular complexity index is 1270. The van der Waals surface area contributed by atoms with Crippen LogP contribution >= 0.6 is 0 Å². The monoisotopic (exact) mass is 473 g/mol. The number of halogens is 1. The Labute approximate surface area is 202 Å². The largest absolute Gasteiger partial charge is 0.497 e. The van der Waals surface area contributed by atoms with Gasteiger partial charge in [-0.15, -0.1) is 0 Å². The van der Waals surface area contributed by atoms with Crippen molar-refractivity contribution < 1.29 is 23.8 Å². The molecule has 4 aromatic rings. The number of aromatic nitrogens is 3. The number of rotatable bonds is 10. The van der Waals surface area contributed by atoms with E-state index in [-0.39, 0.29) is 18.9 Å². The molecule has 0 bridgehead atoms. The number of aliphatic hydroxyl groups is 1. The fraction of sp³-hybridized carbons (Fsp3) is 0.148. The average molecular weight is 474 g/mol. The number of methoxy groups -OCH3 is 1. The van der Waals surface area contributed by atoms with Crippen molar-refractivity contribution in [3.05, 3.63) is 114 Å². The topological polar surface area (TPSA) is 86.5 Å². The first-order chi connectivity index (χ1) is 16.9. The zero-order valence-corrected chi connectivity index (χ0v) is 19.0. The van der Waals surface area contributed by atoms with Crippen LogP contribution in [0.25, 0.3) is 6.08 Å². The second kappa shape index (κ2) is 10.8. The molecule has 0 amide bonds. The number of hydrogen-bond donors (Lipinski definition) is 1. The van der Waals surface area contributed by atoms with Crippen molar-refractivity contribution in [3.63, 3.8) is 0 Å². The minimum absolute atomic E-state index is 0.0609. The average Bonchev–Trinajstić information content (AvgIpc) is 3.40. The van der Waals surface area contributed by atoms with Crippen LogP contribution in [0.3, 0.4) is 0 Å². The number of carbonyl (C=O) groups excluding carboxylic acids is 1. The van der Waals surface area contributed by atoms with E-state index in [1.165, 1.54) is 47.7 Å². The van der Waals surface area contributed by atoms with Gasteiger partial charge in [0.25, 0.3) is 0 Å². The summed E-state index contributed by atoms with van der Waals surface area (Å²) in [5, 5.41) is 15.4. The molecule has 178 valence electrons. The number of allylic oxidation sites excluding steroid dienone is 1. The van der Waals surface area contributed by atoms with Gasteiger partial charge in [0.2, 0.25) is 0 Å². The van der Waals surface area contributed by atoms with Gasteiger partial charge < -0.3 is 14.6 Å². The maximum Gasteiger partial charge on any atom is 0.185 e. The smallest absolute Gasteiger partial charge is 0.185 e. The molecule has 0 aliphatic carbocycles. The third kappa shape index (κ3) is 6.18. The molecule has 8 heteroatoms. The summed E-state index contributed by atoms with van der Waals surface area (Å²) in [4.78, 5) is 16.4. The predicted molar refractivity (Wildman–Crippen MR) is 129 cm³/mol. The highest BCUT2D eigenvalue weighted by molar-refractivity contribution is 6.06. The van der Waals surface area contributed by atoms with Crippen molar-refractivity contribution in [3.8, 4) is 11.5 Å². The van der Waals surface area contributed by atoms with E-state index in [0.29, 0.717) is 16.9 Å². The van der Waals surface area contributed by atoms with Gasteiger partial charge in [0, 0.05) is 5.56 Å². The van der Waals surface area contributed by atoms with Crippen LogP contribution in [0.15, 0.2) is 91.5 Å². The van der Waals surface area contributed by atoms with Gasteiger partial charge in [-0.1, -0.05) is 30.3 Å². The number of ketones is 1. The summed E-state index contributed by atoms with van der Waals surface area (Å²) in [5.74, 6) is 0.664. The molecule has 1 aromatic heterocycles. The lowest BCUT2D eigenvalue weighted by Gasteiger charge is -2.28. The van der Waals surface area contributed by atoms with Crippen LogP contribution in [-0.4, -0.2) is 39.4 Å². The zero-order chi connectivity index (χ0) is 24.7. The lowest BCUT2D eigenvalue weighted by molar-refractivity contribution is -0.0270. The molecule has 0 aliphatic rings. The normalized spacial score (nSPS) is 12.9. The molecule has 0 fully saturated rings. The fourth-order valence-electron chi connectivity index (χ4n) is 3.46.